The van der Waals surface area contributed by atoms with Crippen molar-refractivity contribution in [3.63, 3.8) is 0 Å². The number of anilines is 1. The molecule has 1 aromatic rings. The molecule has 2 unspecified atom stereocenters. The van der Waals surface area contributed by atoms with Crippen molar-refractivity contribution < 1.29 is 19.8 Å². The van der Waals surface area contributed by atoms with Gasteiger partial charge < -0.3 is 15.5 Å². The predicted molar refractivity (Wildman–Crippen MR) is 67.4 cm³/mol. The molecule has 0 aliphatic heterocycles. The second-order valence-corrected chi connectivity index (χ2v) is 4.41. The highest BCUT2D eigenvalue weighted by molar-refractivity contribution is 5.94. The summed E-state index contributed by atoms with van der Waals surface area (Å²) in [5, 5.41) is 20.8. The maximum Gasteiger partial charge on any atom is 0.307 e. The fourth-order valence-corrected chi connectivity index (χ4v) is 1.43. The van der Waals surface area contributed by atoms with Gasteiger partial charge in [-0.2, -0.15) is 0 Å². The van der Waals surface area contributed by atoms with Crippen molar-refractivity contribution in [3.05, 3.63) is 23.8 Å². The predicted octanol–water partition coefficient (Wildman–Crippen LogP) is 2.00. The number of aliphatic carboxylic acids is 1. The van der Waals surface area contributed by atoms with Crippen LogP contribution in [-0.4, -0.2) is 22.1 Å². The van der Waals surface area contributed by atoms with Gasteiger partial charge >= 0.3 is 5.97 Å². The van der Waals surface area contributed by atoms with E-state index in [0.717, 1.165) is 0 Å². The molecule has 0 spiro atoms. The molecule has 0 heterocycles. The number of aromatic hydroxyl groups is 1. The Morgan fingerprint density at radius 3 is 2.33 bits per heavy atom. The summed E-state index contributed by atoms with van der Waals surface area (Å²) in [5.41, 5.74) is 1.19. The van der Waals surface area contributed by atoms with Gasteiger partial charge in [0.15, 0.2) is 0 Å². The van der Waals surface area contributed by atoms with E-state index in [2.05, 4.69) is 5.32 Å². The van der Waals surface area contributed by atoms with Crippen molar-refractivity contribution >= 4 is 17.6 Å². The third kappa shape index (κ3) is 3.23. The standard InChI is InChI=1S/C13H17NO4/c1-7-6-10(4-5-11(7)15)14-12(16)8(2)9(3)13(17)18/h4-6,8-9,15H,1-3H3,(H,14,16)(H,17,18). The number of hydrogen-bond donors (Lipinski definition) is 3. The van der Waals surface area contributed by atoms with Crippen LogP contribution in [0.15, 0.2) is 18.2 Å². The van der Waals surface area contributed by atoms with E-state index >= 15 is 0 Å². The molecule has 0 aliphatic rings. The highest BCUT2D eigenvalue weighted by Crippen LogP contribution is 2.21. The van der Waals surface area contributed by atoms with E-state index in [1.807, 2.05) is 0 Å². The van der Waals surface area contributed by atoms with Gasteiger partial charge in [-0.25, -0.2) is 0 Å². The molecule has 5 heteroatoms. The number of benzene rings is 1. The van der Waals surface area contributed by atoms with E-state index in [4.69, 9.17) is 5.11 Å². The van der Waals surface area contributed by atoms with Crippen LogP contribution in [0.5, 0.6) is 5.75 Å². The Balaban J connectivity index is 2.75. The molecule has 5 nitrogen and oxygen atoms in total. The second kappa shape index (κ2) is 5.53. The first-order valence-electron chi connectivity index (χ1n) is 5.66. The van der Waals surface area contributed by atoms with Crippen LogP contribution in [-0.2, 0) is 9.59 Å². The Morgan fingerprint density at radius 2 is 1.83 bits per heavy atom. The van der Waals surface area contributed by atoms with Crippen LogP contribution in [0.3, 0.4) is 0 Å². The zero-order valence-electron chi connectivity index (χ0n) is 10.6. The van der Waals surface area contributed by atoms with Crippen molar-refractivity contribution in [2.24, 2.45) is 11.8 Å². The summed E-state index contributed by atoms with van der Waals surface area (Å²) in [6, 6.07) is 4.68. The molecule has 0 saturated carbocycles. The van der Waals surface area contributed by atoms with Crippen LogP contribution in [0.25, 0.3) is 0 Å². The Bertz CT molecular complexity index is 470. The van der Waals surface area contributed by atoms with Gasteiger partial charge in [0.1, 0.15) is 5.75 Å². The lowest BCUT2D eigenvalue weighted by molar-refractivity contribution is -0.145. The van der Waals surface area contributed by atoms with E-state index in [1.54, 1.807) is 26.0 Å². The van der Waals surface area contributed by atoms with Crippen LogP contribution < -0.4 is 5.32 Å². The van der Waals surface area contributed by atoms with Crippen molar-refractivity contribution in [1.29, 1.82) is 0 Å². The van der Waals surface area contributed by atoms with Crippen molar-refractivity contribution in [2.75, 3.05) is 5.32 Å². The fraction of sp³-hybridized carbons (Fsp3) is 0.385. The van der Waals surface area contributed by atoms with Gasteiger partial charge in [0.2, 0.25) is 5.91 Å². The highest BCUT2D eigenvalue weighted by Gasteiger charge is 2.25. The average Bonchev–Trinajstić information content (AvgIpc) is 2.31. The van der Waals surface area contributed by atoms with Gasteiger partial charge in [0.05, 0.1) is 5.92 Å². The summed E-state index contributed by atoms with van der Waals surface area (Å²) in [7, 11) is 0. The number of hydrogen-bond acceptors (Lipinski definition) is 3. The number of rotatable bonds is 4. The summed E-state index contributed by atoms with van der Waals surface area (Å²) >= 11 is 0. The van der Waals surface area contributed by atoms with Crippen LogP contribution in [0.1, 0.15) is 19.4 Å². The minimum Gasteiger partial charge on any atom is -0.508 e. The first kappa shape index (κ1) is 14.0. The summed E-state index contributed by atoms with van der Waals surface area (Å²) in [6.07, 6.45) is 0. The molecule has 18 heavy (non-hydrogen) atoms. The number of phenolic OH excluding ortho intramolecular Hbond substituents is 1. The fourth-order valence-electron chi connectivity index (χ4n) is 1.43. The van der Waals surface area contributed by atoms with Crippen molar-refractivity contribution in [3.8, 4) is 5.75 Å². The number of carbonyl (C=O) groups excluding carboxylic acids is 1. The van der Waals surface area contributed by atoms with E-state index in [-0.39, 0.29) is 11.7 Å². The minimum absolute atomic E-state index is 0.153. The zero-order chi connectivity index (χ0) is 13.9. The molecule has 1 aromatic carbocycles. The molecule has 0 fully saturated rings. The molecule has 3 N–H and O–H groups in total. The first-order valence-corrected chi connectivity index (χ1v) is 5.66. The Morgan fingerprint density at radius 1 is 1.22 bits per heavy atom. The molecule has 0 aromatic heterocycles. The van der Waals surface area contributed by atoms with Gasteiger partial charge in [-0.15, -0.1) is 0 Å². The maximum absolute atomic E-state index is 11.8. The number of phenols is 1. The topological polar surface area (TPSA) is 86.6 Å². The largest absolute Gasteiger partial charge is 0.508 e. The van der Waals surface area contributed by atoms with Crippen LogP contribution in [0.2, 0.25) is 0 Å². The number of amides is 1. The summed E-state index contributed by atoms with van der Waals surface area (Å²) < 4.78 is 0. The minimum atomic E-state index is -1.00. The molecule has 1 amide bonds. The molecule has 0 aliphatic carbocycles. The molecule has 0 bridgehead atoms. The molecule has 2 atom stereocenters. The van der Waals surface area contributed by atoms with E-state index in [1.165, 1.54) is 13.0 Å². The Labute approximate surface area is 105 Å². The Hall–Kier alpha value is -2.04. The number of carboxylic acids is 1. The molecular formula is C13H17NO4. The third-order valence-electron chi connectivity index (χ3n) is 3.02. The van der Waals surface area contributed by atoms with Gasteiger partial charge in [-0.3, -0.25) is 9.59 Å². The molecule has 1 rings (SSSR count). The molecule has 0 radical (unpaired) electrons. The van der Waals surface area contributed by atoms with E-state index in [0.29, 0.717) is 11.3 Å². The van der Waals surface area contributed by atoms with Crippen LogP contribution >= 0.6 is 0 Å². The lowest BCUT2D eigenvalue weighted by Gasteiger charge is -2.16. The second-order valence-electron chi connectivity index (χ2n) is 4.41. The normalized spacial score (nSPS) is 13.7. The smallest absolute Gasteiger partial charge is 0.307 e. The monoisotopic (exact) mass is 251 g/mol. The molecule has 0 saturated heterocycles. The average molecular weight is 251 g/mol. The number of aryl methyl sites for hydroxylation is 1. The summed E-state index contributed by atoms with van der Waals surface area (Å²) in [4.78, 5) is 22.6. The van der Waals surface area contributed by atoms with Gasteiger partial charge in [0.25, 0.3) is 0 Å². The van der Waals surface area contributed by atoms with E-state index in [9.17, 15) is 14.7 Å². The first-order chi connectivity index (χ1) is 8.32. The van der Waals surface area contributed by atoms with Gasteiger partial charge in [-0.1, -0.05) is 13.8 Å². The number of carboxylic acid groups (broad SMARTS) is 1. The Kier molecular flexibility index (Phi) is 4.31. The van der Waals surface area contributed by atoms with E-state index < -0.39 is 17.8 Å². The van der Waals surface area contributed by atoms with Crippen molar-refractivity contribution in [2.45, 2.75) is 20.8 Å². The van der Waals surface area contributed by atoms with Gasteiger partial charge in [0, 0.05) is 11.6 Å². The number of nitrogens with one attached hydrogen (secondary N) is 1. The molecule has 98 valence electrons. The lowest BCUT2D eigenvalue weighted by atomic mass is 9.95. The quantitative estimate of drug-likeness (QED) is 0.714. The maximum atomic E-state index is 11.8. The van der Waals surface area contributed by atoms with Crippen molar-refractivity contribution in [1.82, 2.24) is 0 Å². The van der Waals surface area contributed by atoms with Gasteiger partial charge in [-0.05, 0) is 30.7 Å². The SMILES string of the molecule is Cc1cc(NC(=O)C(C)C(C)C(=O)O)ccc1O. The highest BCUT2D eigenvalue weighted by atomic mass is 16.4. The zero-order valence-corrected chi connectivity index (χ0v) is 10.6. The van der Waals surface area contributed by atoms with Crippen LogP contribution in [0, 0.1) is 18.8 Å². The lowest BCUT2D eigenvalue weighted by Crippen LogP contribution is -2.29. The summed E-state index contributed by atoms with van der Waals surface area (Å²) in [6.45, 7) is 4.78. The van der Waals surface area contributed by atoms with Crippen LogP contribution in [0.4, 0.5) is 5.69 Å². The third-order valence-corrected chi connectivity index (χ3v) is 3.02. The number of carbonyl (C=O) groups is 2. The summed E-state index contributed by atoms with van der Waals surface area (Å²) in [5.74, 6) is -2.57. The molecular weight excluding hydrogens is 234 g/mol.